The van der Waals surface area contributed by atoms with Crippen molar-refractivity contribution in [3.63, 3.8) is 0 Å². The van der Waals surface area contributed by atoms with Crippen LogP contribution in [-0.4, -0.2) is 45.1 Å². The van der Waals surface area contributed by atoms with Crippen LogP contribution in [0.5, 0.6) is 0 Å². The van der Waals surface area contributed by atoms with Gasteiger partial charge in [-0.1, -0.05) is 25.1 Å². The van der Waals surface area contributed by atoms with Crippen LogP contribution in [0.15, 0.2) is 18.9 Å². The van der Waals surface area contributed by atoms with Crippen LogP contribution in [0, 0.1) is 0 Å². The minimum absolute atomic E-state index is 0.475. The van der Waals surface area contributed by atoms with Crippen LogP contribution in [0.1, 0.15) is 32.4 Å². The molecule has 0 saturated heterocycles. The molecule has 0 aliphatic heterocycles. The number of hydrogen-bond donors (Lipinski definition) is 1. The van der Waals surface area contributed by atoms with Gasteiger partial charge in [0.15, 0.2) is 0 Å². The monoisotopic (exact) mass is 263 g/mol. The fourth-order valence-corrected chi connectivity index (χ4v) is 2.10. The highest BCUT2D eigenvalue weighted by molar-refractivity contribution is 4.92. The van der Waals surface area contributed by atoms with E-state index in [0.29, 0.717) is 6.04 Å². The highest BCUT2D eigenvalue weighted by atomic mass is 15.4. The lowest BCUT2D eigenvalue weighted by Gasteiger charge is -2.19. The Balaban J connectivity index is 1.77. The Morgan fingerprint density at radius 3 is 3.00 bits per heavy atom. The quantitative estimate of drug-likeness (QED) is 0.685. The molecule has 0 aromatic carbocycles. The Labute approximate surface area is 115 Å². The third kappa shape index (κ3) is 4.76. The van der Waals surface area contributed by atoms with Gasteiger partial charge in [-0.05, 0) is 12.8 Å². The second-order valence-corrected chi connectivity index (χ2v) is 5.52. The second kappa shape index (κ2) is 6.82. The summed E-state index contributed by atoms with van der Waals surface area (Å²) in [4.78, 5) is 2.47. The highest BCUT2D eigenvalue weighted by Crippen LogP contribution is 2.26. The molecule has 1 saturated carbocycles. The van der Waals surface area contributed by atoms with Gasteiger partial charge < -0.3 is 5.32 Å². The molecule has 1 aromatic rings. The van der Waals surface area contributed by atoms with Gasteiger partial charge >= 0.3 is 0 Å². The Morgan fingerprint density at radius 1 is 1.58 bits per heavy atom. The predicted molar refractivity (Wildman–Crippen MR) is 76.8 cm³/mol. The van der Waals surface area contributed by atoms with Crippen molar-refractivity contribution in [3.05, 3.63) is 24.5 Å². The molecular formula is C14H25N5. The molecule has 1 fully saturated rings. The first-order valence-corrected chi connectivity index (χ1v) is 7.16. The lowest BCUT2D eigenvalue weighted by molar-refractivity contribution is 0.273. The Morgan fingerprint density at radius 2 is 2.37 bits per heavy atom. The molecule has 0 atom stereocenters. The second-order valence-electron chi connectivity index (χ2n) is 5.52. The van der Waals surface area contributed by atoms with E-state index in [2.05, 4.69) is 41.0 Å². The van der Waals surface area contributed by atoms with Gasteiger partial charge in [-0.15, -0.1) is 11.7 Å². The van der Waals surface area contributed by atoms with Crippen LogP contribution < -0.4 is 5.32 Å². The van der Waals surface area contributed by atoms with E-state index in [1.54, 1.807) is 0 Å². The average Bonchev–Trinajstić information content (AvgIpc) is 3.12. The number of hydrogen-bond acceptors (Lipinski definition) is 4. The van der Waals surface area contributed by atoms with Gasteiger partial charge in [-0.25, -0.2) is 0 Å². The zero-order valence-corrected chi connectivity index (χ0v) is 12.0. The summed E-state index contributed by atoms with van der Waals surface area (Å²) in [5.74, 6) is 0. The molecule has 106 valence electrons. The molecule has 5 nitrogen and oxygen atoms in total. The molecule has 1 aliphatic rings. The molecule has 0 unspecified atom stereocenters. The summed E-state index contributed by atoms with van der Waals surface area (Å²) in [5.41, 5.74) is 1.01. The summed E-state index contributed by atoms with van der Waals surface area (Å²) in [6, 6.07) is 1.24. The van der Waals surface area contributed by atoms with Crippen molar-refractivity contribution >= 4 is 0 Å². The standard InChI is InChI=1S/C14H25N5/c1-4-7-18(14-5-6-14)8-9-19-11-13(16-17-19)10-15-12(2)3/h4,11-12,14-15H,1,5-10H2,2-3H3. The van der Waals surface area contributed by atoms with Crippen molar-refractivity contribution in [3.8, 4) is 0 Å². The van der Waals surface area contributed by atoms with Crippen LogP contribution in [0.2, 0.25) is 0 Å². The molecule has 0 bridgehead atoms. The van der Waals surface area contributed by atoms with Gasteiger partial charge in [0.25, 0.3) is 0 Å². The van der Waals surface area contributed by atoms with Crippen molar-refractivity contribution in [2.45, 2.75) is 51.9 Å². The molecule has 1 heterocycles. The molecule has 2 rings (SSSR count). The zero-order chi connectivity index (χ0) is 13.7. The van der Waals surface area contributed by atoms with Crippen molar-refractivity contribution in [1.82, 2.24) is 25.2 Å². The summed E-state index contributed by atoms with van der Waals surface area (Å²) < 4.78 is 1.94. The fourth-order valence-electron chi connectivity index (χ4n) is 2.10. The predicted octanol–water partition coefficient (Wildman–Crippen LogP) is 1.43. The van der Waals surface area contributed by atoms with E-state index in [0.717, 1.165) is 37.9 Å². The van der Waals surface area contributed by atoms with E-state index in [1.807, 2.05) is 17.0 Å². The van der Waals surface area contributed by atoms with Crippen LogP contribution in [0.3, 0.4) is 0 Å². The Bertz CT molecular complexity index is 394. The van der Waals surface area contributed by atoms with Crippen LogP contribution in [-0.2, 0) is 13.1 Å². The third-order valence-corrected chi connectivity index (χ3v) is 3.32. The number of aromatic nitrogens is 3. The first kappa shape index (κ1) is 14.2. The van der Waals surface area contributed by atoms with E-state index in [4.69, 9.17) is 0 Å². The van der Waals surface area contributed by atoms with Crippen molar-refractivity contribution in [2.75, 3.05) is 13.1 Å². The van der Waals surface area contributed by atoms with Crippen molar-refractivity contribution in [2.24, 2.45) is 0 Å². The molecule has 19 heavy (non-hydrogen) atoms. The number of rotatable bonds is 9. The largest absolute Gasteiger partial charge is 0.309 e. The molecule has 0 amide bonds. The highest BCUT2D eigenvalue weighted by Gasteiger charge is 2.27. The maximum Gasteiger partial charge on any atom is 0.0964 e. The minimum atomic E-state index is 0.475. The molecule has 1 aliphatic carbocycles. The van der Waals surface area contributed by atoms with Gasteiger partial charge in [-0.2, -0.15) is 0 Å². The third-order valence-electron chi connectivity index (χ3n) is 3.32. The van der Waals surface area contributed by atoms with Crippen molar-refractivity contribution in [1.29, 1.82) is 0 Å². The molecule has 5 heteroatoms. The van der Waals surface area contributed by atoms with Crippen LogP contribution >= 0.6 is 0 Å². The molecule has 1 N–H and O–H groups in total. The van der Waals surface area contributed by atoms with Gasteiger partial charge in [-0.3, -0.25) is 9.58 Å². The number of nitrogens with one attached hydrogen (secondary N) is 1. The van der Waals surface area contributed by atoms with E-state index < -0.39 is 0 Å². The van der Waals surface area contributed by atoms with Crippen molar-refractivity contribution < 1.29 is 0 Å². The Hall–Kier alpha value is -1.20. The molecule has 0 radical (unpaired) electrons. The van der Waals surface area contributed by atoms with E-state index >= 15 is 0 Å². The van der Waals surface area contributed by atoms with Gasteiger partial charge in [0, 0.05) is 37.9 Å². The SMILES string of the molecule is C=CCN(CCn1cc(CNC(C)C)nn1)C1CC1. The summed E-state index contributed by atoms with van der Waals surface area (Å²) in [5, 5.41) is 11.7. The van der Waals surface area contributed by atoms with Gasteiger partial charge in [0.05, 0.1) is 12.2 Å². The smallest absolute Gasteiger partial charge is 0.0964 e. The summed E-state index contributed by atoms with van der Waals surface area (Å²) >= 11 is 0. The topological polar surface area (TPSA) is 46.0 Å². The average molecular weight is 263 g/mol. The maximum atomic E-state index is 4.18. The van der Waals surface area contributed by atoms with E-state index in [1.165, 1.54) is 12.8 Å². The first-order chi connectivity index (χ1) is 9.19. The molecule has 1 aromatic heterocycles. The van der Waals surface area contributed by atoms with Crippen LogP contribution in [0.4, 0.5) is 0 Å². The summed E-state index contributed by atoms with van der Waals surface area (Å²) in [7, 11) is 0. The lowest BCUT2D eigenvalue weighted by Crippen LogP contribution is -2.30. The van der Waals surface area contributed by atoms with Crippen LogP contribution in [0.25, 0.3) is 0 Å². The normalized spacial score (nSPS) is 15.4. The first-order valence-electron chi connectivity index (χ1n) is 7.16. The fraction of sp³-hybridized carbons (Fsp3) is 0.714. The lowest BCUT2D eigenvalue weighted by atomic mass is 10.3. The maximum absolute atomic E-state index is 4.18. The zero-order valence-electron chi connectivity index (χ0n) is 12.0. The van der Waals surface area contributed by atoms with Gasteiger partial charge in [0.2, 0.25) is 0 Å². The Kier molecular flexibility index (Phi) is 5.10. The summed E-state index contributed by atoms with van der Waals surface area (Å²) in [6.07, 6.45) is 6.68. The summed E-state index contributed by atoms with van der Waals surface area (Å²) in [6.45, 7) is 11.8. The van der Waals surface area contributed by atoms with E-state index in [-0.39, 0.29) is 0 Å². The minimum Gasteiger partial charge on any atom is -0.309 e. The number of nitrogens with zero attached hydrogens (tertiary/aromatic N) is 4. The van der Waals surface area contributed by atoms with E-state index in [9.17, 15) is 0 Å². The van der Waals surface area contributed by atoms with Gasteiger partial charge in [0.1, 0.15) is 0 Å². The molecular weight excluding hydrogens is 238 g/mol. The molecule has 0 spiro atoms.